The maximum Gasteiger partial charge on any atom is 0.494 e. The number of benzene rings is 1. The molecule has 3 aliphatic heterocycles. The fraction of sp³-hybridized carbons (Fsp3) is 0.714. The number of nitrogens with zero attached hydrogens (tertiary/aromatic N) is 1. The Hall–Kier alpha value is -1.04. The molecule has 4 nitrogen and oxygen atoms in total. The van der Waals surface area contributed by atoms with Crippen molar-refractivity contribution >= 4 is 12.6 Å². The van der Waals surface area contributed by atoms with Gasteiger partial charge in [0.05, 0.1) is 17.8 Å². The minimum absolute atomic E-state index is 0.302. The normalized spacial score (nSPS) is 28.3. The number of hydrogen-bond acceptors (Lipinski definition) is 4. The van der Waals surface area contributed by atoms with Crippen LogP contribution in [-0.4, -0.2) is 49.0 Å². The highest BCUT2D eigenvalue weighted by molar-refractivity contribution is 6.62. The summed E-state index contributed by atoms with van der Waals surface area (Å²) >= 11 is 0. The van der Waals surface area contributed by atoms with Crippen LogP contribution in [0.4, 0.5) is 0 Å². The summed E-state index contributed by atoms with van der Waals surface area (Å²) in [6.07, 6.45) is 6.06. The lowest BCUT2D eigenvalue weighted by molar-refractivity contribution is 0.00578. The molecular formula is C21H32BNO3. The van der Waals surface area contributed by atoms with Crippen LogP contribution in [0, 0.1) is 0 Å². The molecule has 0 aliphatic carbocycles. The van der Waals surface area contributed by atoms with Gasteiger partial charge in [-0.25, -0.2) is 0 Å². The van der Waals surface area contributed by atoms with E-state index in [1.165, 1.54) is 37.9 Å². The summed E-state index contributed by atoms with van der Waals surface area (Å²) < 4.78 is 18.6. The van der Waals surface area contributed by atoms with Crippen molar-refractivity contribution in [2.75, 3.05) is 19.7 Å². The van der Waals surface area contributed by atoms with E-state index in [-0.39, 0.29) is 18.3 Å². The molecule has 0 radical (unpaired) electrons. The Morgan fingerprint density at radius 2 is 1.73 bits per heavy atom. The van der Waals surface area contributed by atoms with Gasteiger partial charge in [0.1, 0.15) is 5.75 Å². The molecule has 0 N–H and O–H groups in total. The third-order valence-electron chi connectivity index (χ3n) is 6.70. The van der Waals surface area contributed by atoms with E-state index in [4.69, 9.17) is 14.0 Å². The zero-order valence-corrected chi connectivity index (χ0v) is 16.7. The molecule has 0 aromatic heterocycles. The Morgan fingerprint density at radius 3 is 2.50 bits per heavy atom. The maximum atomic E-state index is 6.24. The van der Waals surface area contributed by atoms with E-state index >= 15 is 0 Å². The molecule has 0 spiro atoms. The molecule has 142 valence electrons. The average molecular weight is 357 g/mol. The van der Waals surface area contributed by atoms with Gasteiger partial charge in [0.25, 0.3) is 0 Å². The second-order valence-corrected chi connectivity index (χ2v) is 9.03. The SMILES string of the molecule is CC1(C)OB(c2ccc3c(c2)CCC2CCCN2CCCO3)OC1(C)C. The Morgan fingerprint density at radius 1 is 1.00 bits per heavy atom. The predicted octanol–water partition coefficient (Wildman–Crippen LogP) is 3.17. The van der Waals surface area contributed by atoms with Gasteiger partial charge in [0.15, 0.2) is 0 Å². The molecule has 2 saturated heterocycles. The molecule has 0 bridgehead atoms. The van der Waals surface area contributed by atoms with E-state index in [1.54, 1.807) is 0 Å². The van der Waals surface area contributed by atoms with Crippen molar-refractivity contribution in [1.29, 1.82) is 0 Å². The number of ether oxygens (including phenoxy) is 1. The van der Waals surface area contributed by atoms with Crippen LogP contribution in [0.25, 0.3) is 0 Å². The summed E-state index contributed by atoms with van der Waals surface area (Å²) in [7, 11) is -0.302. The van der Waals surface area contributed by atoms with Gasteiger partial charge in [-0.05, 0) is 83.4 Å². The van der Waals surface area contributed by atoms with Crippen LogP contribution in [0.1, 0.15) is 58.9 Å². The summed E-state index contributed by atoms with van der Waals surface area (Å²) in [6, 6.07) is 7.21. The highest BCUT2D eigenvalue weighted by Gasteiger charge is 2.51. The van der Waals surface area contributed by atoms with E-state index < -0.39 is 0 Å². The van der Waals surface area contributed by atoms with E-state index in [0.29, 0.717) is 0 Å². The fourth-order valence-electron chi connectivity index (χ4n) is 4.35. The Labute approximate surface area is 158 Å². The van der Waals surface area contributed by atoms with Crippen molar-refractivity contribution in [1.82, 2.24) is 4.90 Å². The molecule has 1 aromatic rings. The van der Waals surface area contributed by atoms with E-state index in [1.807, 2.05) is 0 Å². The van der Waals surface area contributed by atoms with Crippen LogP contribution in [0.15, 0.2) is 18.2 Å². The topological polar surface area (TPSA) is 30.9 Å². The minimum Gasteiger partial charge on any atom is -0.493 e. The number of fused-ring (bicyclic) bond motifs is 2. The van der Waals surface area contributed by atoms with Crippen LogP contribution < -0.4 is 10.2 Å². The predicted molar refractivity (Wildman–Crippen MR) is 105 cm³/mol. The number of rotatable bonds is 1. The summed E-state index contributed by atoms with van der Waals surface area (Å²) in [4.78, 5) is 2.66. The highest BCUT2D eigenvalue weighted by Crippen LogP contribution is 2.37. The van der Waals surface area contributed by atoms with Gasteiger partial charge in [-0.1, -0.05) is 12.1 Å². The zero-order chi connectivity index (χ0) is 18.4. The lowest BCUT2D eigenvalue weighted by atomic mass is 9.78. The first kappa shape index (κ1) is 18.3. The van der Waals surface area contributed by atoms with Crippen molar-refractivity contribution in [3.8, 4) is 5.75 Å². The standard InChI is InChI=1S/C21H32BNO3/c1-20(2)21(3,4)26-22(25-20)17-9-11-19-16(15-17)8-10-18-7-5-12-23(18)13-6-14-24-19/h9,11,15,18H,5-8,10,12-14H2,1-4H3. The minimum atomic E-state index is -0.307. The molecule has 4 rings (SSSR count). The molecular weight excluding hydrogens is 325 g/mol. The van der Waals surface area contributed by atoms with E-state index in [2.05, 4.69) is 50.8 Å². The van der Waals surface area contributed by atoms with Gasteiger partial charge in [0, 0.05) is 12.6 Å². The third kappa shape index (κ3) is 3.41. The molecule has 26 heavy (non-hydrogen) atoms. The Balaban J connectivity index is 1.56. The van der Waals surface area contributed by atoms with E-state index in [9.17, 15) is 0 Å². The van der Waals surface area contributed by atoms with Crippen LogP contribution in [-0.2, 0) is 15.7 Å². The molecule has 1 atom stereocenters. The lowest BCUT2D eigenvalue weighted by Gasteiger charge is -2.32. The molecule has 0 saturated carbocycles. The van der Waals surface area contributed by atoms with Crippen molar-refractivity contribution in [2.45, 2.75) is 77.0 Å². The Bertz CT molecular complexity index is 645. The highest BCUT2D eigenvalue weighted by atomic mass is 16.7. The fourth-order valence-corrected chi connectivity index (χ4v) is 4.35. The molecule has 5 heteroatoms. The summed E-state index contributed by atoms with van der Waals surface area (Å²) in [5.41, 5.74) is 1.79. The second kappa shape index (κ2) is 6.85. The van der Waals surface area contributed by atoms with Crippen molar-refractivity contribution in [3.63, 3.8) is 0 Å². The lowest BCUT2D eigenvalue weighted by Crippen LogP contribution is -2.41. The van der Waals surface area contributed by atoms with E-state index in [0.717, 1.165) is 36.7 Å². The number of aryl methyl sites for hydroxylation is 1. The third-order valence-corrected chi connectivity index (χ3v) is 6.70. The molecule has 0 amide bonds. The molecule has 1 aromatic carbocycles. The van der Waals surface area contributed by atoms with Crippen molar-refractivity contribution in [3.05, 3.63) is 23.8 Å². The van der Waals surface area contributed by atoms with Crippen LogP contribution >= 0.6 is 0 Å². The molecule has 3 heterocycles. The van der Waals surface area contributed by atoms with Gasteiger partial charge in [-0.2, -0.15) is 0 Å². The summed E-state index contributed by atoms with van der Waals surface area (Å²) in [5, 5.41) is 0. The van der Waals surface area contributed by atoms with Crippen LogP contribution in [0.5, 0.6) is 5.75 Å². The monoisotopic (exact) mass is 357 g/mol. The smallest absolute Gasteiger partial charge is 0.493 e. The second-order valence-electron chi connectivity index (χ2n) is 9.03. The molecule has 2 fully saturated rings. The van der Waals surface area contributed by atoms with Crippen LogP contribution in [0.2, 0.25) is 0 Å². The van der Waals surface area contributed by atoms with Crippen molar-refractivity contribution in [2.24, 2.45) is 0 Å². The van der Waals surface area contributed by atoms with Gasteiger partial charge in [-0.15, -0.1) is 0 Å². The largest absolute Gasteiger partial charge is 0.494 e. The molecule has 3 aliphatic rings. The first-order valence-electron chi connectivity index (χ1n) is 10.2. The Kier molecular flexibility index (Phi) is 4.83. The number of hydrogen-bond donors (Lipinski definition) is 0. The average Bonchev–Trinajstić information content (AvgIpc) is 3.12. The summed E-state index contributed by atoms with van der Waals surface area (Å²) in [5.74, 6) is 1.04. The van der Waals surface area contributed by atoms with Gasteiger partial charge >= 0.3 is 7.12 Å². The van der Waals surface area contributed by atoms with Gasteiger partial charge in [-0.3, -0.25) is 0 Å². The van der Waals surface area contributed by atoms with Crippen molar-refractivity contribution < 1.29 is 14.0 Å². The molecule has 1 unspecified atom stereocenters. The van der Waals surface area contributed by atoms with Gasteiger partial charge in [0.2, 0.25) is 0 Å². The first-order chi connectivity index (χ1) is 12.4. The maximum absolute atomic E-state index is 6.24. The summed E-state index contributed by atoms with van der Waals surface area (Å²) in [6.45, 7) is 11.6. The zero-order valence-electron chi connectivity index (χ0n) is 16.7. The van der Waals surface area contributed by atoms with Gasteiger partial charge < -0.3 is 18.9 Å². The quantitative estimate of drug-likeness (QED) is 0.723. The first-order valence-corrected chi connectivity index (χ1v) is 10.2. The van der Waals surface area contributed by atoms with Crippen LogP contribution in [0.3, 0.4) is 0 Å².